The lowest BCUT2D eigenvalue weighted by atomic mass is 10.2. The number of nitrogens with zero attached hydrogens (tertiary/aromatic N) is 1. The third-order valence-corrected chi connectivity index (χ3v) is 3.52. The van der Waals surface area contributed by atoms with Crippen molar-refractivity contribution in [3.8, 4) is 0 Å². The molecule has 0 spiro atoms. The van der Waals surface area contributed by atoms with E-state index in [1.54, 1.807) is 12.3 Å². The molecule has 0 aliphatic carbocycles. The molecule has 1 atom stereocenters. The lowest BCUT2D eigenvalue weighted by molar-refractivity contribution is -0.140. The zero-order chi connectivity index (χ0) is 19.6. The van der Waals surface area contributed by atoms with Gasteiger partial charge in [-0.2, -0.15) is 0 Å². The number of carbonyl (C=O) groups excluding carboxylic acids is 2. The molecule has 0 aliphatic heterocycles. The average molecular weight is 368 g/mol. The summed E-state index contributed by atoms with van der Waals surface area (Å²) in [7, 11) is 2.82. The fraction of sp³-hybridized carbons (Fsp3) is 0.632. The summed E-state index contributed by atoms with van der Waals surface area (Å²) in [5.74, 6) is 0.0249. The molecule has 0 aromatic heterocycles. The second kappa shape index (κ2) is 16.3. The number of rotatable bonds is 15. The lowest BCUT2D eigenvalue weighted by Gasteiger charge is -2.14. The lowest BCUT2D eigenvalue weighted by Crippen LogP contribution is -2.15. The van der Waals surface area contributed by atoms with E-state index in [0.29, 0.717) is 30.8 Å². The SMILES string of the molecule is CCCO[C@H](CC)CCN=CC(/C=C/CCC(=O)OC)=C(NC=O)OC. The third-order valence-electron chi connectivity index (χ3n) is 3.52. The highest BCUT2D eigenvalue weighted by molar-refractivity contribution is 5.83. The maximum atomic E-state index is 11.1. The van der Waals surface area contributed by atoms with Crippen molar-refractivity contribution in [3.63, 3.8) is 0 Å². The molecule has 0 aromatic rings. The standard InChI is InChI=1S/C19H32N2O5/c1-5-13-26-17(6-2)11-12-20-14-16(19(25-4)21-15-22)9-7-8-10-18(23)24-3/h7,9,14-15,17H,5-6,8,10-13H2,1-4H3,(H,21,22)/b9-7+,19-16?,20-14?/t17-/m1/s1. The van der Waals surface area contributed by atoms with Crippen LogP contribution in [0.2, 0.25) is 0 Å². The van der Waals surface area contributed by atoms with Gasteiger partial charge in [-0.05, 0) is 25.7 Å². The van der Waals surface area contributed by atoms with E-state index in [1.807, 2.05) is 6.08 Å². The number of aliphatic imine (C=N–C) groups is 1. The van der Waals surface area contributed by atoms with E-state index in [1.165, 1.54) is 14.2 Å². The highest BCUT2D eigenvalue weighted by atomic mass is 16.5. The zero-order valence-electron chi connectivity index (χ0n) is 16.3. The van der Waals surface area contributed by atoms with Crippen molar-refractivity contribution in [2.75, 3.05) is 27.4 Å². The van der Waals surface area contributed by atoms with Gasteiger partial charge in [0.05, 0.1) is 25.9 Å². The van der Waals surface area contributed by atoms with Crippen LogP contribution in [-0.4, -0.2) is 52.1 Å². The minimum atomic E-state index is -0.274. The van der Waals surface area contributed by atoms with E-state index in [0.717, 1.165) is 25.9 Å². The number of methoxy groups -OCH3 is 2. The molecular formula is C19H32N2O5. The highest BCUT2D eigenvalue weighted by Crippen LogP contribution is 2.07. The number of esters is 1. The van der Waals surface area contributed by atoms with Gasteiger partial charge in [-0.25, -0.2) is 0 Å². The molecule has 0 unspecified atom stereocenters. The van der Waals surface area contributed by atoms with Crippen LogP contribution in [0.1, 0.15) is 46.0 Å². The molecular weight excluding hydrogens is 336 g/mol. The molecule has 0 bridgehead atoms. The van der Waals surface area contributed by atoms with Crippen LogP contribution in [0, 0.1) is 0 Å². The van der Waals surface area contributed by atoms with Crippen LogP contribution in [0.3, 0.4) is 0 Å². The largest absolute Gasteiger partial charge is 0.482 e. The van der Waals surface area contributed by atoms with Gasteiger partial charge in [0.25, 0.3) is 0 Å². The van der Waals surface area contributed by atoms with Gasteiger partial charge in [0.1, 0.15) is 0 Å². The highest BCUT2D eigenvalue weighted by Gasteiger charge is 2.06. The molecule has 0 heterocycles. The number of nitrogens with one attached hydrogen (secondary N) is 1. The Balaban J connectivity index is 4.82. The fourth-order valence-electron chi connectivity index (χ4n) is 2.08. The molecule has 0 saturated carbocycles. The van der Waals surface area contributed by atoms with Gasteiger partial charge in [0.2, 0.25) is 12.3 Å². The van der Waals surface area contributed by atoms with E-state index in [2.05, 4.69) is 28.9 Å². The maximum Gasteiger partial charge on any atom is 0.305 e. The Bertz CT molecular complexity index is 486. The van der Waals surface area contributed by atoms with Crippen LogP contribution in [0.4, 0.5) is 0 Å². The van der Waals surface area contributed by atoms with Gasteiger partial charge < -0.3 is 14.2 Å². The molecule has 0 rings (SSSR count). The van der Waals surface area contributed by atoms with Crippen molar-refractivity contribution < 1.29 is 23.8 Å². The van der Waals surface area contributed by atoms with Gasteiger partial charge >= 0.3 is 5.97 Å². The van der Waals surface area contributed by atoms with Crippen LogP contribution in [0.25, 0.3) is 0 Å². The Morgan fingerprint density at radius 1 is 1.23 bits per heavy atom. The average Bonchev–Trinajstić information content (AvgIpc) is 2.66. The normalized spacial score (nSPS) is 13.5. The molecule has 0 aliphatic rings. The first-order valence-electron chi connectivity index (χ1n) is 8.96. The van der Waals surface area contributed by atoms with Crippen molar-refractivity contribution >= 4 is 18.6 Å². The predicted molar refractivity (Wildman–Crippen MR) is 102 cm³/mol. The topological polar surface area (TPSA) is 86.2 Å². The summed E-state index contributed by atoms with van der Waals surface area (Å²) in [5, 5.41) is 2.50. The van der Waals surface area contributed by atoms with E-state index in [9.17, 15) is 9.59 Å². The first kappa shape index (κ1) is 23.9. The fourth-order valence-corrected chi connectivity index (χ4v) is 2.08. The predicted octanol–water partition coefficient (Wildman–Crippen LogP) is 2.77. The Kier molecular flexibility index (Phi) is 15.0. The van der Waals surface area contributed by atoms with Crippen molar-refractivity contribution in [2.45, 2.75) is 52.1 Å². The number of amides is 1. The molecule has 148 valence electrons. The number of carbonyl (C=O) groups is 2. The van der Waals surface area contributed by atoms with Crippen LogP contribution in [0.5, 0.6) is 0 Å². The number of hydrogen-bond donors (Lipinski definition) is 1. The van der Waals surface area contributed by atoms with Crippen LogP contribution < -0.4 is 5.32 Å². The van der Waals surface area contributed by atoms with Crippen LogP contribution in [-0.2, 0) is 23.8 Å². The van der Waals surface area contributed by atoms with E-state index in [4.69, 9.17) is 9.47 Å². The summed E-state index contributed by atoms with van der Waals surface area (Å²) in [6, 6.07) is 0. The minimum Gasteiger partial charge on any atom is -0.482 e. The van der Waals surface area contributed by atoms with Gasteiger partial charge in [0.15, 0.2) is 0 Å². The summed E-state index contributed by atoms with van der Waals surface area (Å²) >= 11 is 0. The van der Waals surface area contributed by atoms with Gasteiger partial charge in [-0.3, -0.25) is 19.9 Å². The van der Waals surface area contributed by atoms with Crippen LogP contribution in [0.15, 0.2) is 28.6 Å². The molecule has 0 fully saturated rings. The molecule has 1 N–H and O–H groups in total. The van der Waals surface area contributed by atoms with Gasteiger partial charge in [-0.1, -0.05) is 26.0 Å². The number of allylic oxidation sites excluding steroid dienone is 3. The Hall–Kier alpha value is -2.15. The van der Waals surface area contributed by atoms with Gasteiger partial charge in [-0.15, -0.1) is 0 Å². The molecule has 0 radical (unpaired) electrons. The van der Waals surface area contributed by atoms with E-state index >= 15 is 0 Å². The molecule has 7 nitrogen and oxygen atoms in total. The van der Waals surface area contributed by atoms with Crippen molar-refractivity contribution in [3.05, 3.63) is 23.6 Å². The zero-order valence-corrected chi connectivity index (χ0v) is 16.3. The minimum absolute atomic E-state index is 0.199. The maximum absolute atomic E-state index is 11.1. The second-order valence-electron chi connectivity index (χ2n) is 5.49. The van der Waals surface area contributed by atoms with Crippen molar-refractivity contribution in [1.82, 2.24) is 5.32 Å². The van der Waals surface area contributed by atoms with Crippen molar-refractivity contribution in [2.24, 2.45) is 4.99 Å². The Morgan fingerprint density at radius 3 is 2.58 bits per heavy atom. The Morgan fingerprint density at radius 2 is 2.00 bits per heavy atom. The van der Waals surface area contributed by atoms with E-state index < -0.39 is 0 Å². The summed E-state index contributed by atoms with van der Waals surface area (Å²) in [5.41, 5.74) is 0.618. The monoisotopic (exact) mass is 368 g/mol. The summed E-state index contributed by atoms with van der Waals surface area (Å²) in [6.45, 7) is 5.55. The molecule has 26 heavy (non-hydrogen) atoms. The molecule has 0 saturated heterocycles. The molecule has 1 amide bonds. The first-order chi connectivity index (χ1) is 12.6. The number of hydrogen-bond acceptors (Lipinski definition) is 6. The second-order valence-corrected chi connectivity index (χ2v) is 5.49. The quantitative estimate of drug-likeness (QED) is 0.158. The summed E-state index contributed by atoms with van der Waals surface area (Å²) in [6.07, 6.45) is 9.53. The third kappa shape index (κ3) is 11.4. The Labute approximate surface area is 156 Å². The summed E-state index contributed by atoms with van der Waals surface area (Å²) in [4.78, 5) is 26.3. The smallest absolute Gasteiger partial charge is 0.305 e. The number of ether oxygens (including phenoxy) is 3. The molecule has 7 heteroatoms. The van der Waals surface area contributed by atoms with Crippen molar-refractivity contribution in [1.29, 1.82) is 0 Å². The summed E-state index contributed by atoms with van der Waals surface area (Å²) < 4.78 is 15.5. The molecule has 0 aromatic carbocycles. The first-order valence-corrected chi connectivity index (χ1v) is 8.96. The van der Waals surface area contributed by atoms with Gasteiger partial charge in [0, 0.05) is 25.8 Å². The van der Waals surface area contributed by atoms with Crippen LogP contribution >= 0.6 is 0 Å². The van der Waals surface area contributed by atoms with E-state index in [-0.39, 0.29) is 18.5 Å².